The van der Waals surface area contributed by atoms with E-state index in [1.54, 1.807) is 0 Å². The van der Waals surface area contributed by atoms with Gasteiger partial charge in [-0.05, 0) is 6.07 Å². The van der Waals surface area contributed by atoms with Crippen molar-refractivity contribution in [2.45, 2.75) is 0 Å². The maximum atomic E-state index is 13.7. The van der Waals surface area contributed by atoms with Gasteiger partial charge in [0.1, 0.15) is 11.4 Å². The highest BCUT2D eigenvalue weighted by molar-refractivity contribution is 5.89. The summed E-state index contributed by atoms with van der Waals surface area (Å²) in [5.41, 5.74) is -0.346. The zero-order chi connectivity index (χ0) is 13.1. The van der Waals surface area contributed by atoms with Crippen LogP contribution >= 0.6 is 0 Å². The Morgan fingerprint density at radius 3 is 2.78 bits per heavy atom. The van der Waals surface area contributed by atoms with Gasteiger partial charge in [0.25, 0.3) is 0 Å². The Hall–Kier alpha value is -2.57. The highest BCUT2D eigenvalue weighted by Crippen LogP contribution is 2.19. The average molecular weight is 251 g/mol. The number of halogens is 2. The van der Waals surface area contributed by atoms with Gasteiger partial charge in [-0.3, -0.25) is 4.98 Å². The summed E-state index contributed by atoms with van der Waals surface area (Å²) in [6.45, 7) is 0. The van der Waals surface area contributed by atoms with Gasteiger partial charge in [-0.1, -0.05) is 0 Å². The zero-order valence-corrected chi connectivity index (χ0v) is 8.89. The maximum absolute atomic E-state index is 13.7. The predicted octanol–water partition coefficient (Wildman–Crippen LogP) is 2.20. The molecule has 0 unspecified atom stereocenters. The monoisotopic (exact) mass is 251 g/mol. The fraction of sp³-hybridized carbons (Fsp3) is 0. The van der Waals surface area contributed by atoms with Crippen molar-refractivity contribution < 1.29 is 18.7 Å². The molecule has 0 aromatic carbocycles. The first-order chi connectivity index (χ1) is 8.58. The summed E-state index contributed by atoms with van der Waals surface area (Å²) >= 11 is 0. The van der Waals surface area contributed by atoms with Gasteiger partial charge in [-0.15, -0.1) is 0 Å². The molecular formula is C11H7F2N3O2. The molecule has 0 spiro atoms. The number of hydrogen-bond acceptors (Lipinski definition) is 4. The molecule has 0 fully saturated rings. The molecular weight excluding hydrogens is 244 g/mol. The molecule has 0 atom stereocenters. The molecule has 0 amide bonds. The van der Waals surface area contributed by atoms with Crippen LogP contribution in [0, 0.1) is 11.6 Å². The van der Waals surface area contributed by atoms with Crippen LogP contribution in [0.3, 0.4) is 0 Å². The number of anilines is 2. The fourth-order valence-corrected chi connectivity index (χ4v) is 1.31. The van der Waals surface area contributed by atoms with Crippen LogP contribution < -0.4 is 5.32 Å². The molecule has 7 heteroatoms. The second kappa shape index (κ2) is 4.74. The summed E-state index contributed by atoms with van der Waals surface area (Å²) in [6, 6.07) is 2.12. The van der Waals surface area contributed by atoms with E-state index in [1.807, 2.05) is 0 Å². The summed E-state index contributed by atoms with van der Waals surface area (Å²) in [5.74, 6) is -3.33. The van der Waals surface area contributed by atoms with Gasteiger partial charge in [0, 0.05) is 12.3 Å². The summed E-state index contributed by atoms with van der Waals surface area (Å²) < 4.78 is 26.6. The van der Waals surface area contributed by atoms with Gasteiger partial charge in [-0.2, -0.15) is 0 Å². The van der Waals surface area contributed by atoms with Gasteiger partial charge >= 0.3 is 5.97 Å². The van der Waals surface area contributed by atoms with E-state index in [4.69, 9.17) is 5.11 Å². The van der Waals surface area contributed by atoms with Crippen LogP contribution in [0.2, 0.25) is 0 Å². The first-order valence-electron chi connectivity index (χ1n) is 4.83. The van der Waals surface area contributed by atoms with Crippen molar-refractivity contribution in [1.82, 2.24) is 9.97 Å². The number of aromatic nitrogens is 2. The highest BCUT2D eigenvalue weighted by atomic mass is 19.1. The van der Waals surface area contributed by atoms with Crippen molar-refractivity contribution >= 4 is 17.5 Å². The van der Waals surface area contributed by atoms with Gasteiger partial charge in [0.05, 0.1) is 18.1 Å². The smallest absolute Gasteiger partial charge is 0.338 e. The fourth-order valence-electron chi connectivity index (χ4n) is 1.31. The predicted molar refractivity (Wildman–Crippen MR) is 58.6 cm³/mol. The molecule has 0 radical (unpaired) electrons. The van der Waals surface area contributed by atoms with Crippen molar-refractivity contribution in [1.29, 1.82) is 0 Å². The third-order valence-corrected chi connectivity index (χ3v) is 2.09. The number of rotatable bonds is 3. The third-order valence-electron chi connectivity index (χ3n) is 2.09. The highest BCUT2D eigenvalue weighted by Gasteiger charge is 2.15. The van der Waals surface area contributed by atoms with E-state index in [0.717, 1.165) is 24.5 Å². The van der Waals surface area contributed by atoms with E-state index in [2.05, 4.69) is 15.3 Å². The van der Waals surface area contributed by atoms with Gasteiger partial charge in [0.2, 0.25) is 0 Å². The Kier molecular flexibility index (Phi) is 3.13. The second-order valence-corrected chi connectivity index (χ2v) is 3.34. The topological polar surface area (TPSA) is 75.1 Å². The lowest BCUT2D eigenvalue weighted by Gasteiger charge is -2.07. The second-order valence-electron chi connectivity index (χ2n) is 3.34. The molecule has 18 heavy (non-hydrogen) atoms. The Balaban J connectivity index is 2.35. The Morgan fingerprint density at radius 2 is 2.11 bits per heavy atom. The minimum atomic E-state index is -1.41. The summed E-state index contributed by atoms with van der Waals surface area (Å²) in [7, 11) is 0. The van der Waals surface area contributed by atoms with E-state index in [1.165, 1.54) is 6.20 Å². The number of nitrogens with one attached hydrogen (secondary N) is 1. The number of carbonyl (C=O) groups is 1. The first-order valence-corrected chi connectivity index (χ1v) is 4.83. The molecule has 2 rings (SSSR count). The molecule has 0 saturated heterocycles. The van der Waals surface area contributed by atoms with Crippen LogP contribution in [0.1, 0.15) is 10.4 Å². The van der Waals surface area contributed by atoms with Gasteiger partial charge < -0.3 is 10.4 Å². The number of pyridine rings is 2. The molecule has 92 valence electrons. The molecule has 5 nitrogen and oxygen atoms in total. The quantitative estimate of drug-likeness (QED) is 0.874. The first kappa shape index (κ1) is 11.9. The normalized spacial score (nSPS) is 10.1. The minimum absolute atomic E-state index is 0.170. The van der Waals surface area contributed by atoms with Crippen LogP contribution in [0.25, 0.3) is 0 Å². The lowest BCUT2D eigenvalue weighted by atomic mass is 10.2. The van der Waals surface area contributed by atoms with E-state index >= 15 is 0 Å². The SMILES string of the molecule is O=C(O)c1ccnc(Nc2cncc(F)c2)c1F. The van der Waals surface area contributed by atoms with Crippen molar-refractivity contribution in [3.05, 3.63) is 47.9 Å². The Morgan fingerprint density at radius 1 is 1.33 bits per heavy atom. The van der Waals surface area contributed by atoms with Gasteiger partial charge in [0.15, 0.2) is 11.6 Å². The maximum Gasteiger partial charge on any atom is 0.338 e. The van der Waals surface area contributed by atoms with Crippen LogP contribution in [0.5, 0.6) is 0 Å². The summed E-state index contributed by atoms with van der Waals surface area (Å²) in [4.78, 5) is 17.9. The van der Waals surface area contributed by atoms with Crippen molar-refractivity contribution in [2.75, 3.05) is 5.32 Å². The van der Waals surface area contributed by atoms with Crippen molar-refractivity contribution in [3.8, 4) is 0 Å². The molecule has 2 N–H and O–H groups in total. The van der Waals surface area contributed by atoms with Crippen LogP contribution in [0.15, 0.2) is 30.7 Å². The number of hydrogen-bond donors (Lipinski definition) is 2. The number of nitrogens with zero attached hydrogens (tertiary/aromatic N) is 2. The third kappa shape index (κ3) is 2.40. The average Bonchev–Trinajstić information content (AvgIpc) is 2.31. The molecule has 0 saturated carbocycles. The molecule has 2 heterocycles. The molecule has 0 aliphatic carbocycles. The minimum Gasteiger partial charge on any atom is -0.478 e. The standard InChI is InChI=1S/C11H7F2N3O2/c12-6-3-7(5-14-4-6)16-10-9(13)8(11(17)18)1-2-15-10/h1-5H,(H,15,16)(H,17,18). The lowest BCUT2D eigenvalue weighted by Crippen LogP contribution is -2.05. The molecule has 0 bridgehead atoms. The number of aromatic carboxylic acids is 1. The van der Waals surface area contributed by atoms with Crippen molar-refractivity contribution in [2.24, 2.45) is 0 Å². The van der Waals surface area contributed by atoms with Gasteiger partial charge in [-0.25, -0.2) is 18.6 Å². The van der Waals surface area contributed by atoms with Crippen LogP contribution in [-0.4, -0.2) is 21.0 Å². The summed E-state index contributed by atoms with van der Waals surface area (Å²) in [5, 5.41) is 11.2. The largest absolute Gasteiger partial charge is 0.478 e. The zero-order valence-electron chi connectivity index (χ0n) is 8.89. The summed E-state index contributed by atoms with van der Waals surface area (Å²) in [6.07, 6.45) is 3.39. The Bertz CT molecular complexity index is 605. The van der Waals surface area contributed by atoms with E-state index in [0.29, 0.717) is 0 Å². The molecule has 0 aliphatic heterocycles. The molecule has 0 aliphatic rings. The van der Waals surface area contributed by atoms with E-state index in [-0.39, 0.29) is 11.5 Å². The molecule has 2 aromatic heterocycles. The van der Waals surface area contributed by atoms with E-state index in [9.17, 15) is 13.6 Å². The van der Waals surface area contributed by atoms with Crippen molar-refractivity contribution in [3.63, 3.8) is 0 Å². The van der Waals surface area contributed by atoms with Crippen LogP contribution in [0.4, 0.5) is 20.3 Å². The van der Waals surface area contributed by atoms with E-state index < -0.39 is 23.2 Å². The van der Waals surface area contributed by atoms with Crippen LogP contribution in [-0.2, 0) is 0 Å². The number of carboxylic acid groups (broad SMARTS) is 1. The lowest BCUT2D eigenvalue weighted by molar-refractivity contribution is 0.0692. The molecule has 2 aromatic rings. The Labute approximate surface area is 100 Å². The number of carboxylic acids is 1.